The quantitative estimate of drug-likeness (QED) is 0.616. The van der Waals surface area contributed by atoms with Crippen LogP contribution in [0, 0.1) is 5.82 Å². The molecule has 0 spiro atoms. The molecule has 0 aliphatic carbocycles. The van der Waals surface area contributed by atoms with E-state index in [9.17, 15) is 9.18 Å². The summed E-state index contributed by atoms with van der Waals surface area (Å²) in [6.45, 7) is 1.82. The molecule has 2 aromatic heterocycles. The van der Waals surface area contributed by atoms with Gasteiger partial charge in [-0.15, -0.1) is 11.3 Å². The number of hydrogen-bond acceptors (Lipinski definition) is 6. The average molecular weight is 406 g/mol. The number of carbonyl (C=O) groups excluding carboxylic acids is 1. The van der Waals surface area contributed by atoms with E-state index in [-0.39, 0.29) is 17.0 Å². The lowest BCUT2D eigenvalue weighted by Crippen LogP contribution is -2.42. The van der Waals surface area contributed by atoms with Crippen LogP contribution in [0.2, 0.25) is 5.02 Å². The molecule has 6 nitrogen and oxygen atoms in total. The Kier molecular flexibility index (Phi) is 5.20. The second-order valence-electron chi connectivity index (χ2n) is 6.30. The first-order valence-electron chi connectivity index (χ1n) is 8.58. The molecule has 1 aliphatic rings. The van der Waals surface area contributed by atoms with Crippen molar-refractivity contribution in [2.45, 2.75) is 18.9 Å². The molecular weight excluding hydrogens is 389 g/mol. The second-order valence-corrected chi connectivity index (χ2v) is 7.74. The van der Waals surface area contributed by atoms with Crippen molar-refractivity contribution in [2.75, 3.05) is 18.4 Å². The fraction of sp³-hybridized carbons (Fsp3) is 0.278. The molecular formula is C18H17ClFN5OS. The van der Waals surface area contributed by atoms with Crippen LogP contribution in [0.25, 0.3) is 10.2 Å². The lowest BCUT2D eigenvalue weighted by molar-refractivity contribution is 0.0934. The lowest BCUT2D eigenvalue weighted by atomic mass is 10.1. The summed E-state index contributed by atoms with van der Waals surface area (Å²) in [7, 11) is 0. The van der Waals surface area contributed by atoms with Gasteiger partial charge in [-0.2, -0.15) is 0 Å². The van der Waals surface area contributed by atoms with E-state index in [1.807, 2.05) is 0 Å². The maximum absolute atomic E-state index is 13.7. The number of aromatic nitrogens is 2. The Morgan fingerprint density at radius 1 is 1.26 bits per heavy atom. The molecule has 3 aromatic rings. The smallest absolute Gasteiger partial charge is 0.261 e. The highest BCUT2D eigenvalue weighted by molar-refractivity contribution is 7.20. The Morgan fingerprint density at radius 3 is 2.85 bits per heavy atom. The van der Waals surface area contributed by atoms with E-state index in [2.05, 4.69) is 25.9 Å². The largest absolute Gasteiger partial charge is 0.349 e. The van der Waals surface area contributed by atoms with Gasteiger partial charge in [-0.25, -0.2) is 14.4 Å². The molecule has 3 N–H and O–H groups in total. The van der Waals surface area contributed by atoms with Crippen LogP contribution >= 0.6 is 22.9 Å². The van der Waals surface area contributed by atoms with Crippen molar-refractivity contribution < 1.29 is 9.18 Å². The summed E-state index contributed by atoms with van der Waals surface area (Å²) in [5.41, 5.74) is 0.517. The molecule has 1 fully saturated rings. The highest BCUT2D eigenvalue weighted by Crippen LogP contribution is 2.30. The van der Waals surface area contributed by atoms with Crippen LogP contribution in [-0.2, 0) is 0 Å². The summed E-state index contributed by atoms with van der Waals surface area (Å²) in [5.74, 6) is -0.105. The van der Waals surface area contributed by atoms with Crippen LogP contribution in [0.5, 0.6) is 0 Å². The first-order chi connectivity index (χ1) is 13.1. The summed E-state index contributed by atoms with van der Waals surface area (Å²) in [6, 6.07) is 6.39. The van der Waals surface area contributed by atoms with Gasteiger partial charge < -0.3 is 16.0 Å². The molecule has 1 amide bonds. The molecule has 1 aliphatic heterocycles. The van der Waals surface area contributed by atoms with Gasteiger partial charge in [0.2, 0.25) is 0 Å². The Bertz CT molecular complexity index is 989. The van der Waals surface area contributed by atoms with E-state index in [4.69, 9.17) is 11.6 Å². The number of anilines is 2. The molecule has 0 radical (unpaired) electrons. The van der Waals surface area contributed by atoms with Gasteiger partial charge in [-0.3, -0.25) is 4.79 Å². The molecule has 1 aromatic carbocycles. The summed E-state index contributed by atoms with van der Waals surface area (Å²) < 4.78 is 13.7. The molecule has 27 heavy (non-hydrogen) atoms. The van der Waals surface area contributed by atoms with Crippen molar-refractivity contribution in [3.05, 3.63) is 46.3 Å². The normalized spacial score (nSPS) is 15.0. The van der Waals surface area contributed by atoms with Gasteiger partial charge in [0.05, 0.1) is 15.3 Å². The van der Waals surface area contributed by atoms with Crippen LogP contribution in [0.4, 0.5) is 15.9 Å². The minimum absolute atomic E-state index is 0.0563. The topological polar surface area (TPSA) is 78.9 Å². The monoisotopic (exact) mass is 405 g/mol. The van der Waals surface area contributed by atoms with E-state index in [1.165, 1.54) is 29.8 Å². The van der Waals surface area contributed by atoms with Crippen molar-refractivity contribution >= 4 is 50.6 Å². The summed E-state index contributed by atoms with van der Waals surface area (Å²) in [6.07, 6.45) is 3.26. The average Bonchev–Trinajstić information content (AvgIpc) is 3.11. The van der Waals surface area contributed by atoms with E-state index in [0.29, 0.717) is 26.6 Å². The van der Waals surface area contributed by atoms with E-state index in [1.54, 1.807) is 12.1 Å². The summed E-state index contributed by atoms with van der Waals surface area (Å²) in [4.78, 5) is 22.3. The Balaban J connectivity index is 1.57. The molecule has 0 bridgehead atoms. The maximum Gasteiger partial charge on any atom is 0.261 e. The van der Waals surface area contributed by atoms with Crippen LogP contribution < -0.4 is 16.0 Å². The van der Waals surface area contributed by atoms with Gasteiger partial charge >= 0.3 is 0 Å². The number of amides is 1. The van der Waals surface area contributed by atoms with Gasteiger partial charge in [0, 0.05) is 11.7 Å². The van der Waals surface area contributed by atoms with Crippen LogP contribution in [0.15, 0.2) is 30.6 Å². The fourth-order valence-corrected chi connectivity index (χ4v) is 4.02. The number of carbonyl (C=O) groups is 1. The number of piperidine rings is 1. The standard InChI is InChI=1S/C18H17ClFN5OS/c19-13-2-1-11(7-14(13)20)24-16-12-8-15(27-18(12)23-9-22-16)17(26)25-10-3-5-21-6-4-10/h1-2,7-10,21H,3-6H2,(H,25,26)(H,22,23,24). The van der Waals surface area contributed by atoms with E-state index in [0.717, 1.165) is 25.9 Å². The third-order valence-electron chi connectivity index (χ3n) is 4.41. The van der Waals surface area contributed by atoms with Crippen LogP contribution in [0.3, 0.4) is 0 Å². The van der Waals surface area contributed by atoms with Crippen molar-refractivity contribution in [3.8, 4) is 0 Å². The fourth-order valence-electron chi connectivity index (χ4n) is 3.00. The number of benzene rings is 1. The minimum Gasteiger partial charge on any atom is -0.349 e. The van der Waals surface area contributed by atoms with Crippen molar-refractivity contribution in [1.82, 2.24) is 20.6 Å². The van der Waals surface area contributed by atoms with Crippen molar-refractivity contribution in [2.24, 2.45) is 0 Å². The predicted molar refractivity (Wildman–Crippen MR) is 105 cm³/mol. The minimum atomic E-state index is -0.515. The first-order valence-corrected chi connectivity index (χ1v) is 9.78. The number of halogens is 2. The van der Waals surface area contributed by atoms with E-state index >= 15 is 0 Å². The molecule has 1 saturated heterocycles. The number of nitrogens with zero attached hydrogens (tertiary/aromatic N) is 2. The number of nitrogens with one attached hydrogen (secondary N) is 3. The third-order valence-corrected chi connectivity index (χ3v) is 5.76. The van der Waals surface area contributed by atoms with Crippen LogP contribution in [0.1, 0.15) is 22.5 Å². The van der Waals surface area contributed by atoms with Crippen molar-refractivity contribution in [1.29, 1.82) is 0 Å². The number of fused-ring (bicyclic) bond motifs is 1. The number of hydrogen-bond donors (Lipinski definition) is 3. The molecule has 140 valence electrons. The third kappa shape index (κ3) is 4.02. The zero-order valence-electron chi connectivity index (χ0n) is 14.3. The highest BCUT2D eigenvalue weighted by atomic mass is 35.5. The first kappa shape index (κ1) is 18.1. The predicted octanol–water partition coefficient (Wildman–Crippen LogP) is 3.71. The van der Waals surface area contributed by atoms with Crippen molar-refractivity contribution in [3.63, 3.8) is 0 Å². The molecule has 0 unspecified atom stereocenters. The van der Waals surface area contributed by atoms with Gasteiger partial charge in [-0.05, 0) is 50.2 Å². The second kappa shape index (κ2) is 7.75. The molecule has 0 atom stereocenters. The van der Waals surface area contributed by atoms with Gasteiger partial charge in [0.15, 0.2) is 0 Å². The molecule has 0 saturated carbocycles. The Hall–Kier alpha value is -2.29. The number of thiophene rings is 1. The molecule has 9 heteroatoms. The molecule has 3 heterocycles. The highest BCUT2D eigenvalue weighted by Gasteiger charge is 2.19. The number of rotatable bonds is 4. The summed E-state index contributed by atoms with van der Waals surface area (Å²) in [5, 5.41) is 10.2. The maximum atomic E-state index is 13.7. The SMILES string of the molecule is O=C(NC1CCNCC1)c1cc2c(Nc3ccc(Cl)c(F)c3)ncnc2s1. The van der Waals surface area contributed by atoms with Gasteiger partial charge in [-0.1, -0.05) is 11.6 Å². The molecule has 4 rings (SSSR count). The van der Waals surface area contributed by atoms with Gasteiger partial charge in [0.1, 0.15) is 22.8 Å². The van der Waals surface area contributed by atoms with E-state index < -0.39 is 5.82 Å². The zero-order chi connectivity index (χ0) is 18.8. The Morgan fingerprint density at radius 2 is 2.07 bits per heavy atom. The Labute approximate surface area is 164 Å². The van der Waals surface area contributed by atoms with Crippen LogP contribution in [-0.4, -0.2) is 35.0 Å². The lowest BCUT2D eigenvalue weighted by Gasteiger charge is -2.23. The summed E-state index contributed by atoms with van der Waals surface area (Å²) >= 11 is 7.03. The van der Waals surface area contributed by atoms with Gasteiger partial charge in [0.25, 0.3) is 5.91 Å². The zero-order valence-corrected chi connectivity index (χ0v) is 15.8.